The van der Waals surface area contributed by atoms with Crippen molar-refractivity contribution >= 4 is 11.8 Å². The van der Waals surface area contributed by atoms with Crippen molar-refractivity contribution in [1.29, 1.82) is 0 Å². The van der Waals surface area contributed by atoms with Gasteiger partial charge < -0.3 is 20.3 Å². The zero-order valence-corrected chi connectivity index (χ0v) is 17.9. The molecule has 0 radical (unpaired) electrons. The molecule has 0 saturated carbocycles. The molecule has 6 nitrogen and oxygen atoms in total. The number of ether oxygens (including phenoxy) is 1. The van der Waals surface area contributed by atoms with E-state index in [1.807, 2.05) is 24.3 Å². The molecule has 2 N–H and O–H groups in total. The molecule has 2 amide bonds. The summed E-state index contributed by atoms with van der Waals surface area (Å²) in [6.07, 6.45) is 7.61. The Bertz CT molecular complexity index is 801. The lowest BCUT2D eigenvalue weighted by Gasteiger charge is -2.38. The lowest BCUT2D eigenvalue weighted by atomic mass is 9.76. The van der Waals surface area contributed by atoms with E-state index in [9.17, 15) is 9.59 Å². The van der Waals surface area contributed by atoms with Crippen LogP contribution in [0.15, 0.2) is 36.4 Å². The van der Waals surface area contributed by atoms with Crippen LogP contribution in [0.4, 0.5) is 0 Å². The number of allylic oxidation sites excluding steroid dienone is 1. The van der Waals surface area contributed by atoms with Crippen molar-refractivity contribution in [2.45, 2.75) is 32.6 Å². The zero-order valence-electron chi connectivity index (χ0n) is 17.9. The second kappa shape index (κ2) is 9.21. The topological polar surface area (TPSA) is 70.7 Å². The normalized spacial score (nSPS) is 31.7. The fourth-order valence-corrected chi connectivity index (χ4v) is 5.08. The average Bonchev–Trinajstić information content (AvgIpc) is 3.13. The van der Waals surface area contributed by atoms with Crippen LogP contribution < -0.4 is 15.4 Å². The first kappa shape index (κ1) is 20.9. The van der Waals surface area contributed by atoms with Gasteiger partial charge in [0.05, 0.1) is 11.0 Å². The molecule has 3 aliphatic rings. The number of nitrogens with one attached hydrogen (secondary N) is 2. The third kappa shape index (κ3) is 4.38. The quantitative estimate of drug-likeness (QED) is 0.644. The van der Waals surface area contributed by atoms with E-state index in [0.29, 0.717) is 36.3 Å². The Morgan fingerprint density at radius 1 is 1.13 bits per heavy atom. The van der Waals surface area contributed by atoms with Gasteiger partial charge in [0.15, 0.2) is 0 Å². The maximum atomic E-state index is 13.6. The Labute approximate surface area is 179 Å². The summed E-state index contributed by atoms with van der Waals surface area (Å²) >= 11 is 0. The minimum absolute atomic E-state index is 0.104. The molecular formula is C24H33N3O3. The van der Waals surface area contributed by atoms with Crippen LogP contribution in [0.25, 0.3) is 0 Å². The average molecular weight is 412 g/mol. The first-order valence-corrected chi connectivity index (χ1v) is 11.2. The van der Waals surface area contributed by atoms with Crippen LogP contribution in [-0.4, -0.2) is 56.0 Å². The number of hydrogen-bond donors (Lipinski definition) is 2. The fourth-order valence-electron chi connectivity index (χ4n) is 5.08. The van der Waals surface area contributed by atoms with E-state index in [1.54, 1.807) is 6.07 Å². The minimum atomic E-state index is -0.355. The number of nitrogens with zero attached hydrogens (tertiary/aromatic N) is 1. The summed E-state index contributed by atoms with van der Waals surface area (Å²) in [6.45, 7) is 6.54. The smallest absolute Gasteiger partial charge is 0.255 e. The third-order valence-corrected chi connectivity index (χ3v) is 6.92. The summed E-state index contributed by atoms with van der Waals surface area (Å²) < 4.78 is 5.87. The molecule has 4 rings (SSSR count). The molecule has 1 aromatic carbocycles. The van der Waals surface area contributed by atoms with E-state index in [0.717, 1.165) is 51.9 Å². The number of carbonyl (C=O) groups excluding carboxylic acids is 2. The second-order valence-electron chi connectivity index (χ2n) is 9.04. The van der Waals surface area contributed by atoms with Crippen molar-refractivity contribution < 1.29 is 14.3 Å². The number of benzene rings is 1. The molecule has 1 spiro atoms. The molecule has 1 aromatic rings. The van der Waals surface area contributed by atoms with Gasteiger partial charge in [0.1, 0.15) is 12.4 Å². The molecular weight excluding hydrogens is 378 g/mol. The van der Waals surface area contributed by atoms with Crippen molar-refractivity contribution in [3.63, 3.8) is 0 Å². The first-order chi connectivity index (χ1) is 14.6. The summed E-state index contributed by atoms with van der Waals surface area (Å²) in [5.74, 6) is 1.64. The molecule has 162 valence electrons. The number of para-hydroxylation sites is 1. The Morgan fingerprint density at radius 2 is 2.00 bits per heavy atom. The number of fused-ring (bicyclic) bond motifs is 3. The SMILES string of the molecule is C[C@@H]1CN2C[C@H]1CCNC(=O)c1ccccc1OC/C=C/CC1(CCCNC1)C2=O. The van der Waals surface area contributed by atoms with Gasteiger partial charge in [-0.25, -0.2) is 0 Å². The molecule has 2 fully saturated rings. The van der Waals surface area contributed by atoms with E-state index in [4.69, 9.17) is 4.74 Å². The Balaban J connectivity index is 1.58. The summed E-state index contributed by atoms with van der Waals surface area (Å²) in [5.41, 5.74) is 0.217. The highest BCUT2D eigenvalue weighted by Gasteiger charge is 2.44. The Kier molecular flexibility index (Phi) is 6.42. The highest BCUT2D eigenvalue weighted by atomic mass is 16.5. The summed E-state index contributed by atoms with van der Waals surface area (Å²) in [4.78, 5) is 28.3. The lowest BCUT2D eigenvalue weighted by Crippen LogP contribution is -2.51. The molecule has 1 unspecified atom stereocenters. The van der Waals surface area contributed by atoms with Crippen molar-refractivity contribution in [2.75, 3.05) is 39.3 Å². The molecule has 30 heavy (non-hydrogen) atoms. The van der Waals surface area contributed by atoms with Crippen LogP contribution in [0.1, 0.15) is 43.0 Å². The van der Waals surface area contributed by atoms with Crippen molar-refractivity contribution in [1.82, 2.24) is 15.5 Å². The molecule has 6 heteroatoms. The predicted octanol–water partition coefficient (Wildman–Crippen LogP) is 2.61. The van der Waals surface area contributed by atoms with E-state index >= 15 is 0 Å². The molecule has 3 heterocycles. The van der Waals surface area contributed by atoms with Crippen LogP contribution in [0, 0.1) is 17.3 Å². The third-order valence-electron chi connectivity index (χ3n) is 6.92. The molecule has 3 atom stereocenters. The highest BCUT2D eigenvalue weighted by Crippen LogP contribution is 2.36. The van der Waals surface area contributed by atoms with Crippen LogP contribution >= 0.6 is 0 Å². The maximum absolute atomic E-state index is 13.6. The van der Waals surface area contributed by atoms with E-state index in [-0.39, 0.29) is 17.2 Å². The molecule has 3 aliphatic heterocycles. The molecule has 2 saturated heterocycles. The number of carbonyl (C=O) groups is 2. The van der Waals surface area contributed by atoms with Crippen molar-refractivity contribution in [3.05, 3.63) is 42.0 Å². The Morgan fingerprint density at radius 3 is 2.83 bits per heavy atom. The van der Waals surface area contributed by atoms with Gasteiger partial charge in [-0.15, -0.1) is 0 Å². The van der Waals surface area contributed by atoms with E-state index in [2.05, 4.69) is 28.5 Å². The standard InChI is InChI=1S/C24H33N3O3/c1-18-15-27-16-19(18)9-13-26-22(28)20-7-2-3-8-21(20)30-14-5-4-10-24(23(27)29)11-6-12-25-17-24/h2-5,7-8,18-19,25H,6,9-17H2,1H3,(H,26,28)/b5-4+/t18-,19-,24?/m1/s1. The van der Waals surface area contributed by atoms with Crippen LogP contribution in [-0.2, 0) is 4.79 Å². The van der Waals surface area contributed by atoms with Gasteiger partial charge in [-0.05, 0) is 56.2 Å². The summed E-state index contributed by atoms with van der Waals surface area (Å²) in [6, 6.07) is 7.38. The largest absolute Gasteiger partial charge is 0.489 e. The molecule has 2 bridgehead atoms. The summed E-state index contributed by atoms with van der Waals surface area (Å²) in [5, 5.41) is 6.50. The lowest BCUT2D eigenvalue weighted by molar-refractivity contribution is -0.142. The van der Waals surface area contributed by atoms with Crippen LogP contribution in [0.5, 0.6) is 5.75 Å². The highest BCUT2D eigenvalue weighted by molar-refractivity contribution is 5.96. The van der Waals surface area contributed by atoms with Crippen LogP contribution in [0.2, 0.25) is 0 Å². The van der Waals surface area contributed by atoms with Gasteiger partial charge in [0.2, 0.25) is 5.91 Å². The zero-order chi connectivity index (χ0) is 21.0. The predicted molar refractivity (Wildman–Crippen MR) is 116 cm³/mol. The van der Waals surface area contributed by atoms with Crippen molar-refractivity contribution in [3.8, 4) is 5.75 Å². The Hall–Kier alpha value is -2.34. The number of rotatable bonds is 0. The van der Waals surface area contributed by atoms with Gasteiger partial charge in [-0.1, -0.05) is 31.2 Å². The van der Waals surface area contributed by atoms with Crippen molar-refractivity contribution in [2.24, 2.45) is 17.3 Å². The van der Waals surface area contributed by atoms with Gasteiger partial charge in [0, 0.05) is 26.2 Å². The van der Waals surface area contributed by atoms with Gasteiger partial charge in [0.25, 0.3) is 5.91 Å². The number of hydrogen-bond acceptors (Lipinski definition) is 4. The van der Waals surface area contributed by atoms with Gasteiger partial charge in [-0.2, -0.15) is 0 Å². The minimum Gasteiger partial charge on any atom is -0.489 e. The van der Waals surface area contributed by atoms with Crippen LogP contribution in [0.3, 0.4) is 0 Å². The molecule has 0 aliphatic carbocycles. The maximum Gasteiger partial charge on any atom is 0.255 e. The fraction of sp³-hybridized carbons (Fsp3) is 0.583. The molecule has 0 aromatic heterocycles. The number of amides is 2. The summed E-state index contributed by atoms with van der Waals surface area (Å²) in [7, 11) is 0. The second-order valence-corrected chi connectivity index (χ2v) is 9.04. The van der Waals surface area contributed by atoms with Gasteiger partial charge >= 0.3 is 0 Å². The first-order valence-electron chi connectivity index (χ1n) is 11.2. The van der Waals surface area contributed by atoms with E-state index < -0.39 is 0 Å². The number of piperidine rings is 1. The van der Waals surface area contributed by atoms with Gasteiger partial charge in [-0.3, -0.25) is 9.59 Å². The van der Waals surface area contributed by atoms with E-state index in [1.165, 1.54) is 0 Å². The monoisotopic (exact) mass is 411 g/mol.